The summed E-state index contributed by atoms with van der Waals surface area (Å²) < 4.78 is 4.96. The molecule has 0 saturated heterocycles. The first-order valence-corrected chi connectivity index (χ1v) is 3.99. The molecule has 2 nitrogen and oxygen atoms in total. The second kappa shape index (κ2) is 2.26. The maximum atomic E-state index is 10.0. The van der Waals surface area contributed by atoms with Gasteiger partial charge in [-0.15, -0.1) is 0 Å². The van der Waals surface area contributed by atoms with Crippen molar-refractivity contribution in [2.24, 2.45) is 11.8 Å². The maximum absolute atomic E-state index is 10.0. The molecule has 2 heteroatoms. The fraction of sp³-hybridized carbons (Fsp3) is 0.875. The second-order valence-electron chi connectivity index (χ2n) is 3.45. The SMILES string of the molecule is O=CO[C@@H]1CC2CCC1C2. The van der Waals surface area contributed by atoms with E-state index < -0.39 is 0 Å². The van der Waals surface area contributed by atoms with Crippen LogP contribution >= 0.6 is 0 Å². The van der Waals surface area contributed by atoms with Crippen LogP contribution in [0.25, 0.3) is 0 Å². The predicted octanol–water partition coefficient (Wildman–Crippen LogP) is 1.35. The summed E-state index contributed by atoms with van der Waals surface area (Å²) in [6.07, 6.45) is 5.35. The third kappa shape index (κ3) is 0.825. The van der Waals surface area contributed by atoms with Crippen LogP contribution in [0.1, 0.15) is 25.7 Å². The van der Waals surface area contributed by atoms with E-state index in [1.165, 1.54) is 19.3 Å². The third-order valence-corrected chi connectivity index (χ3v) is 2.90. The van der Waals surface area contributed by atoms with Gasteiger partial charge in [-0.05, 0) is 37.5 Å². The molecule has 0 heterocycles. The Hall–Kier alpha value is -0.530. The van der Waals surface area contributed by atoms with E-state index in [2.05, 4.69) is 0 Å². The van der Waals surface area contributed by atoms with Gasteiger partial charge in [0.25, 0.3) is 6.47 Å². The van der Waals surface area contributed by atoms with Crippen molar-refractivity contribution < 1.29 is 9.53 Å². The lowest BCUT2D eigenvalue weighted by Crippen LogP contribution is -2.19. The average Bonchev–Trinajstić information content (AvgIpc) is 2.48. The van der Waals surface area contributed by atoms with Crippen LogP contribution in [0, 0.1) is 11.8 Å². The monoisotopic (exact) mass is 140 g/mol. The average molecular weight is 140 g/mol. The van der Waals surface area contributed by atoms with E-state index in [9.17, 15) is 4.79 Å². The van der Waals surface area contributed by atoms with Gasteiger partial charge in [0, 0.05) is 0 Å². The molecule has 0 N–H and O–H groups in total. The van der Waals surface area contributed by atoms with Crippen molar-refractivity contribution in [2.75, 3.05) is 0 Å². The minimum atomic E-state index is 0.274. The van der Waals surface area contributed by atoms with Gasteiger partial charge in [-0.25, -0.2) is 0 Å². The lowest BCUT2D eigenvalue weighted by Gasteiger charge is -2.18. The van der Waals surface area contributed by atoms with E-state index >= 15 is 0 Å². The van der Waals surface area contributed by atoms with Crippen LogP contribution in [-0.2, 0) is 9.53 Å². The van der Waals surface area contributed by atoms with E-state index in [4.69, 9.17) is 4.74 Å². The fourth-order valence-corrected chi connectivity index (χ4v) is 2.42. The van der Waals surface area contributed by atoms with E-state index in [0.717, 1.165) is 12.3 Å². The zero-order valence-electron chi connectivity index (χ0n) is 5.95. The Morgan fingerprint density at radius 1 is 1.30 bits per heavy atom. The highest BCUT2D eigenvalue weighted by atomic mass is 16.5. The zero-order valence-corrected chi connectivity index (χ0v) is 5.95. The summed E-state index contributed by atoms with van der Waals surface area (Å²) in [4.78, 5) is 10.0. The first-order chi connectivity index (χ1) is 4.90. The van der Waals surface area contributed by atoms with Crippen molar-refractivity contribution in [3.05, 3.63) is 0 Å². The molecular weight excluding hydrogens is 128 g/mol. The third-order valence-electron chi connectivity index (χ3n) is 2.90. The van der Waals surface area contributed by atoms with Crippen LogP contribution in [0.15, 0.2) is 0 Å². The van der Waals surface area contributed by atoms with Gasteiger partial charge in [0.2, 0.25) is 0 Å². The molecule has 0 aromatic carbocycles. The van der Waals surface area contributed by atoms with Gasteiger partial charge < -0.3 is 4.74 Å². The van der Waals surface area contributed by atoms with Gasteiger partial charge in [0.15, 0.2) is 0 Å². The molecule has 2 aliphatic carbocycles. The van der Waals surface area contributed by atoms with E-state index in [0.29, 0.717) is 12.4 Å². The second-order valence-corrected chi connectivity index (χ2v) is 3.45. The van der Waals surface area contributed by atoms with Gasteiger partial charge in [-0.2, -0.15) is 0 Å². The molecule has 10 heavy (non-hydrogen) atoms. The molecule has 2 fully saturated rings. The zero-order chi connectivity index (χ0) is 6.97. The molecule has 2 unspecified atom stereocenters. The highest BCUT2D eigenvalue weighted by Gasteiger charge is 2.40. The van der Waals surface area contributed by atoms with Gasteiger partial charge >= 0.3 is 0 Å². The minimum Gasteiger partial charge on any atom is -0.464 e. The molecule has 2 saturated carbocycles. The molecule has 2 aliphatic rings. The molecule has 56 valence electrons. The molecule has 2 bridgehead atoms. The smallest absolute Gasteiger partial charge is 0.293 e. The summed E-state index contributed by atoms with van der Waals surface area (Å²) >= 11 is 0. The fourth-order valence-electron chi connectivity index (χ4n) is 2.42. The predicted molar refractivity (Wildman–Crippen MR) is 36.4 cm³/mol. The highest BCUT2D eigenvalue weighted by molar-refractivity contribution is 5.37. The lowest BCUT2D eigenvalue weighted by molar-refractivity contribution is -0.135. The summed E-state index contributed by atoms with van der Waals surface area (Å²) in [5, 5.41) is 0. The molecule has 0 radical (unpaired) electrons. The van der Waals surface area contributed by atoms with Crippen molar-refractivity contribution in [3.63, 3.8) is 0 Å². The van der Waals surface area contributed by atoms with Crippen molar-refractivity contribution in [1.82, 2.24) is 0 Å². The van der Waals surface area contributed by atoms with Gasteiger partial charge in [-0.1, -0.05) is 0 Å². The van der Waals surface area contributed by atoms with Crippen LogP contribution in [0.4, 0.5) is 0 Å². The number of hydrogen-bond donors (Lipinski definition) is 0. The van der Waals surface area contributed by atoms with Crippen LogP contribution in [0.3, 0.4) is 0 Å². The van der Waals surface area contributed by atoms with Crippen molar-refractivity contribution in [1.29, 1.82) is 0 Å². The Labute approximate surface area is 60.6 Å². The molecule has 0 aliphatic heterocycles. The first-order valence-electron chi connectivity index (χ1n) is 3.99. The summed E-state index contributed by atoms with van der Waals surface area (Å²) in [6.45, 7) is 0.603. The van der Waals surface area contributed by atoms with Crippen LogP contribution < -0.4 is 0 Å². The Balaban J connectivity index is 1.95. The number of ether oxygens (including phenoxy) is 1. The molecular formula is C8H12O2. The normalized spacial score (nSPS) is 43.8. The topological polar surface area (TPSA) is 26.3 Å². The van der Waals surface area contributed by atoms with Crippen molar-refractivity contribution in [2.45, 2.75) is 31.8 Å². The number of fused-ring (bicyclic) bond motifs is 2. The van der Waals surface area contributed by atoms with Crippen LogP contribution in [-0.4, -0.2) is 12.6 Å². The quantitative estimate of drug-likeness (QED) is 0.541. The molecule has 0 aromatic rings. The Kier molecular flexibility index (Phi) is 1.40. The first kappa shape index (κ1) is 6.20. The molecule has 2 rings (SSSR count). The van der Waals surface area contributed by atoms with Crippen LogP contribution in [0.5, 0.6) is 0 Å². The summed E-state index contributed by atoms with van der Waals surface area (Å²) in [5.74, 6) is 1.57. The van der Waals surface area contributed by atoms with Crippen molar-refractivity contribution in [3.8, 4) is 0 Å². The van der Waals surface area contributed by atoms with E-state index in [1.807, 2.05) is 0 Å². The standard InChI is InChI=1S/C8H12O2/c9-5-10-8-4-6-1-2-7(8)3-6/h5-8H,1-4H2/t6?,7?,8-/m1/s1. The molecule has 0 spiro atoms. The summed E-state index contributed by atoms with van der Waals surface area (Å²) in [6, 6.07) is 0. The molecule has 0 aromatic heterocycles. The number of hydrogen-bond acceptors (Lipinski definition) is 2. The van der Waals surface area contributed by atoms with Gasteiger partial charge in [0.1, 0.15) is 6.10 Å². The van der Waals surface area contributed by atoms with E-state index in [1.54, 1.807) is 0 Å². The number of carbonyl (C=O) groups excluding carboxylic acids is 1. The van der Waals surface area contributed by atoms with Gasteiger partial charge in [-0.3, -0.25) is 4.79 Å². The molecule has 0 amide bonds. The number of carbonyl (C=O) groups is 1. The van der Waals surface area contributed by atoms with Crippen LogP contribution in [0.2, 0.25) is 0 Å². The lowest BCUT2D eigenvalue weighted by atomic mass is 9.98. The minimum absolute atomic E-state index is 0.274. The largest absolute Gasteiger partial charge is 0.464 e. The van der Waals surface area contributed by atoms with Crippen molar-refractivity contribution >= 4 is 6.47 Å². The molecule has 3 atom stereocenters. The summed E-state index contributed by atoms with van der Waals surface area (Å²) in [7, 11) is 0. The highest BCUT2D eigenvalue weighted by Crippen LogP contribution is 2.45. The Morgan fingerprint density at radius 2 is 2.20 bits per heavy atom. The van der Waals surface area contributed by atoms with Gasteiger partial charge in [0.05, 0.1) is 0 Å². The summed E-state index contributed by atoms with van der Waals surface area (Å²) in [5.41, 5.74) is 0. The van der Waals surface area contributed by atoms with E-state index in [-0.39, 0.29) is 6.10 Å². The number of rotatable bonds is 2. The Morgan fingerprint density at radius 3 is 2.70 bits per heavy atom. The Bertz CT molecular complexity index is 144. The maximum Gasteiger partial charge on any atom is 0.293 e.